The highest BCUT2D eigenvalue weighted by atomic mass is 35.5. The van der Waals surface area contributed by atoms with E-state index >= 15 is 0 Å². The summed E-state index contributed by atoms with van der Waals surface area (Å²) in [7, 11) is 0. The molecule has 2 aromatic heterocycles. The average molecular weight is 303 g/mol. The fraction of sp³-hybridized carbons (Fsp3) is 0.333. The third kappa shape index (κ3) is 2.22. The van der Waals surface area contributed by atoms with Crippen molar-refractivity contribution in [2.75, 3.05) is 5.73 Å². The Bertz CT molecular complexity index is 661. The number of alkyl halides is 3. The van der Waals surface area contributed by atoms with Crippen LogP contribution in [0.3, 0.4) is 0 Å². The Kier molecular flexibility index (Phi) is 2.89. The number of aromatic nitrogens is 3. The fourth-order valence-corrected chi connectivity index (χ4v) is 2.29. The Morgan fingerprint density at radius 2 is 2.00 bits per heavy atom. The molecule has 3 rings (SSSR count). The van der Waals surface area contributed by atoms with E-state index in [9.17, 15) is 13.2 Å². The van der Waals surface area contributed by atoms with Crippen molar-refractivity contribution in [1.82, 2.24) is 14.8 Å². The molecule has 0 radical (unpaired) electrons. The first-order valence-electron chi connectivity index (χ1n) is 5.94. The summed E-state index contributed by atoms with van der Waals surface area (Å²) in [4.78, 5) is 3.79. The van der Waals surface area contributed by atoms with Gasteiger partial charge in [-0.05, 0) is 18.9 Å². The second-order valence-corrected chi connectivity index (χ2v) is 5.11. The molecule has 2 heterocycles. The first-order chi connectivity index (χ1) is 9.38. The van der Waals surface area contributed by atoms with Crippen LogP contribution < -0.4 is 5.73 Å². The lowest BCUT2D eigenvalue weighted by molar-refractivity contribution is -0.137. The Hall–Kier alpha value is -1.76. The second kappa shape index (κ2) is 4.37. The van der Waals surface area contributed by atoms with Crippen molar-refractivity contribution in [2.24, 2.45) is 0 Å². The van der Waals surface area contributed by atoms with Crippen LogP contribution in [0.5, 0.6) is 0 Å². The van der Waals surface area contributed by atoms with Crippen molar-refractivity contribution in [2.45, 2.75) is 24.9 Å². The molecule has 20 heavy (non-hydrogen) atoms. The van der Waals surface area contributed by atoms with Crippen molar-refractivity contribution >= 4 is 17.3 Å². The number of nitrogen functional groups attached to an aromatic ring is 1. The summed E-state index contributed by atoms with van der Waals surface area (Å²) in [5, 5.41) is 3.96. The standard InChI is InChI=1S/C12H10ClF3N4/c13-8-3-7(12(14,15)16)4-18-11(8)20-10(6-1-2-6)9(17)5-19-20/h3-6H,1-2,17H2. The van der Waals surface area contributed by atoms with Gasteiger partial charge < -0.3 is 5.73 Å². The zero-order chi connectivity index (χ0) is 14.5. The van der Waals surface area contributed by atoms with Gasteiger partial charge in [-0.3, -0.25) is 0 Å². The van der Waals surface area contributed by atoms with Gasteiger partial charge in [0.1, 0.15) is 0 Å². The van der Waals surface area contributed by atoms with Crippen molar-refractivity contribution in [3.63, 3.8) is 0 Å². The molecule has 0 saturated heterocycles. The maximum atomic E-state index is 12.6. The van der Waals surface area contributed by atoms with Crippen LogP contribution in [0.4, 0.5) is 18.9 Å². The molecule has 0 spiro atoms. The van der Waals surface area contributed by atoms with Gasteiger partial charge in [-0.15, -0.1) is 0 Å². The minimum Gasteiger partial charge on any atom is -0.396 e. The van der Waals surface area contributed by atoms with Gasteiger partial charge in [-0.1, -0.05) is 11.6 Å². The van der Waals surface area contributed by atoms with Crippen molar-refractivity contribution in [1.29, 1.82) is 0 Å². The molecule has 0 bridgehead atoms. The molecule has 0 unspecified atom stereocenters. The molecular weight excluding hydrogens is 293 g/mol. The van der Waals surface area contributed by atoms with Crippen molar-refractivity contribution in [3.05, 3.63) is 34.7 Å². The molecule has 2 N–H and O–H groups in total. The zero-order valence-electron chi connectivity index (χ0n) is 10.2. The van der Waals surface area contributed by atoms with E-state index in [2.05, 4.69) is 10.1 Å². The lowest BCUT2D eigenvalue weighted by atomic mass is 10.2. The lowest BCUT2D eigenvalue weighted by Gasteiger charge is -2.11. The average Bonchev–Trinajstić information content (AvgIpc) is 3.12. The molecule has 0 aliphatic heterocycles. The summed E-state index contributed by atoms with van der Waals surface area (Å²) in [6.07, 6.45) is -0.307. The minimum atomic E-state index is -4.47. The van der Waals surface area contributed by atoms with Crippen LogP contribution in [-0.4, -0.2) is 14.8 Å². The molecule has 0 amide bonds. The van der Waals surface area contributed by atoms with E-state index in [1.807, 2.05) is 0 Å². The highest BCUT2D eigenvalue weighted by Gasteiger charge is 2.33. The number of nitrogens with zero attached hydrogens (tertiary/aromatic N) is 3. The molecule has 1 aliphatic carbocycles. The van der Waals surface area contributed by atoms with Crippen molar-refractivity contribution in [3.8, 4) is 5.82 Å². The lowest BCUT2D eigenvalue weighted by Crippen LogP contribution is -2.10. The Balaban J connectivity index is 2.07. The van der Waals surface area contributed by atoms with Crippen LogP contribution in [0.2, 0.25) is 5.02 Å². The quantitative estimate of drug-likeness (QED) is 0.925. The highest BCUT2D eigenvalue weighted by Crippen LogP contribution is 2.43. The number of rotatable bonds is 2. The summed E-state index contributed by atoms with van der Waals surface area (Å²) in [5.74, 6) is 0.441. The fourth-order valence-electron chi connectivity index (χ4n) is 2.05. The van der Waals surface area contributed by atoms with Gasteiger partial charge in [-0.2, -0.15) is 18.3 Å². The van der Waals surface area contributed by atoms with Crippen LogP contribution in [-0.2, 0) is 6.18 Å². The van der Waals surface area contributed by atoms with Gasteiger partial charge in [0, 0.05) is 12.1 Å². The zero-order valence-corrected chi connectivity index (χ0v) is 10.9. The van der Waals surface area contributed by atoms with Gasteiger partial charge in [0.05, 0.1) is 28.2 Å². The predicted molar refractivity (Wildman–Crippen MR) is 67.8 cm³/mol. The molecule has 1 fully saturated rings. The SMILES string of the molecule is Nc1cnn(-c2ncc(C(F)(F)F)cc2Cl)c1C1CC1. The van der Waals surface area contributed by atoms with Crippen LogP contribution >= 0.6 is 11.6 Å². The molecular formula is C12H10ClF3N4. The Labute approximate surface area is 117 Å². The van der Waals surface area contributed by atoms with E-state index in [0.717, 1.165) is 30.8 Å². The molecule has 106 valence electrons. The van der Waals surface area contributed by atoms with Crippen LogP contribution in [0.15, 0.2) is 18.5 Å². The molecule has 4 nitrogen and oxygen atoms in total. The summed E-state index contributed by atoms with van der Waals surface area (Å²) in [5.41, 5.74) is 6.21. The number of hydrogen-bond donors (Lipinski definition) is 1. The molecule has 2 aromatic rings. The van der Waals surface area contributed by atoms with Crippen LogP contribution in [0.1, 0.15) is 30.0 Å². The third-order valence-corrected chi connectivity index (χ3v) is 3.43. The normalized spacial score (nSPS) is 15.6. The van der Waals surface area contributed by atoms with E-state index in [1.54, 1.807) is 0 Å². The topological polar surface area (TPSA) is 56.7 Å². The first kappa shape index (κ1) is 13.2. The van der Waals surface area contributed by atoms with Gasteiger partial charge in [0.15, 0.2) is 5.82 Å². The predicted octanol–water partition coefficient (Wildman–Crippen LogP) is 3.40. The van der Waals surface area contributed by atoms with Crippen LogP contribution in [0, 0.1) is 0 Å². The largest absolute Gasteiger partial charge is 0.417 e. The number of hydrogen-bond acceptors (Lipinski definition) is 3. The number of nitrogens with two attached hydrogens (primary N) is 1. The smallest absolute Gasteiger partial charge is 0.396 e. The molecule has 1 saturated carbocycles. The summed E-state index contributed by atoms with van der Waals surface area (Å²) in [6, 6.07) is 0.846. The van der Waals surface area contributed by atoms with Gasteiger partial charge in [0.25, 0.3) is 0 Å². The van der Waals surface area contributed by atoms with Crippen LogP contribution in [0.25, 0.3) is 5.82 Å². The maximum absolute atomic E-state index is 12.6. The summed E-state index contributed by atoms with van der Waals surface area (Å²) in [6.45, 7) is 0. The Morgan fingerprint density at radius 1 is 1.30 bits per heavy atom. The van der Waals surface area contributed by atoms with Gasteiger partial charge in [0.2, 0.25) is 0 Å². The highest BCUT2D eigenvalue weighted by molar-refractivity contribution is 6.32. The number of halogens is 4. The second-order valence-electron chi connectivity index (χ2n) is 4.70. The molecule has 8 heteroatoms. The Morgan fingerprint density at radius 3 is 2.55 bits per heavy atom. The van der Waals surface area contributed by atoms with E-state index in [1.165, 1.54) is 10.9 Å². The van der Waals surface area contributed by atoms with Gasteiger partial charge in [-0.25, -0.2) is 9.67 Å². The van der Waals surface area contributed by atoms with E-state index in [4.69, 9.17) is 17.3 Å². The van der Waals surface area contributed by atoms with E-state index in [-0.39, 0.29) is 16.8 Å². The summed E-state index contributed by atoms with van der Waals surface area (Å²) >= 11 is 5.91. The van der Waals surface area contributed by atoms with E-state index in [0.29, 0.717) is 5.69 Å². The maximum Gasteiger partial charge on any atom is 0.417 e. The van der Waals surface area contributed by atoms with Crippen molar-refractivity contribution < 1.29 is 13.2 Å². The number of anilines is 1. The molecule has 0 aromatic carbocycles. The molecule has 1 aliphatic rings. The number of pyridine rings is 1. The minimum absolute atomic E-state index is 0.107. The third-order valence-electron chi connectivity index (χ3n) is 3.15. The van der Waals surface area contributed by atoms with E-state index < -0.39 is 11.7 Å². The molecule has 0 atom stereocenters. The first-order valence-corrected chi connectivity index (χ1v) is 6.32. The van der Waals surface area contributed by atoms with Gasteiger partial charge >= 0.3 is 6.18 Å². The monoisotopic (exact) mass is 302 g/mol. The summed E-state index contributed by atoms with van der Waals surface area (Å²) < 4.78 is 39.2.